The van der Waals surface area contributed by atoms with E-state index in [1.807, 2.05) is 0 Å². The SMILES string of the molecule is CC(C)(C)C1CCNc2cc(C3CCCC3)nn21. The zero-order valence-corrected chi connectivity index (χ0v) is 11.9. The molecule has 2 aliphatic rings. The number of hydrogen-bond acceptors (Lipinski definition) is 2. The zero-order chi connectivity index (χ0) is 12.8. The van der Waals surface area contributed by atoms with Crippen molar-refractivity contribution in [3.05, 3.63) is 11.8 Å². The summed E-state index contributed by atoms with van der Waals surface area (Å²) < 4.78 is 2.26. The van der Waals surface area contributed by atoms with Gasteiger partial charge in [0.25, 0.3) is 0 Å². The van der Waals surface area contributed by atoms with E-state index in [0.717, 1.165) is 6.54 Å². The molecule has 1 aromatic rings. The van der Waals surface area contributed by atoms with Gasteiger partial charge in [0.05, 0.1) is 11.7 Å². The lowest BCUT2D eigenvalue weighted by Gasteiger charge is -2.35. The van der Waals surface area contributed by atoms with E-state index in [9.17, 15) is 0 Å². The maximum Gasteiger partial charge on any atom is 0.124 e. The topological polar surface area (TPSA) is 29.9 Å². The van der Waals surface area contributed by atoms with E-state index in [0.29, 0.717) is 12.0 Å². The van der Waals surface area contributed by atoms with Gasteiger partial charge in [0.2, 0.25) is 0 Å². The van der Waals surface area contributed by atoms with Crippen molar-refractivity contribution in [2.75, 3.05) is 11.9 Å². The largest absolute Gasteiger partial charge is 0.370 e. The quantitative estimate of drug-likeness (QED) is 0.814. The molecule has 1 fully saturated rings. The van der Waals surface area contributed by atoms with Crippen LogP contribution in [0.3, 0.4) is 0 Å². The Morgan fingerprint density at radius 1 is 1.22 bits per heavy atom. The van der Waals surface area contributed by atoms with E-state index in [4.69, 9.17) is 5.10 Å². The predicted octanol–water partition coefficient (Wildman–Crippen LogP) is 3.94. The van der Waals surface area contributed by atoms with Crippen LogP contribution in [0.4, 0.5) is 5.82 Å². The third-order valence-corrected chi connectivity index (χ3v) is 4.55. The number of aromatic nitrogens is 2. The summed E-state index contributed by atoms with van der Waals surface area (Å²) in [5.74, 6) is 1.95. The Hall–Kier alpha value is -0.990. The van der Waals surface area contributed by atoms with Gasteiger partial charge in [0, 0.05) is 18.5 Å². The summed E-state index contributed by atoms with van der Waals surface area (Å²) in [7, 11) is 0. The standard InChI is InChI=1S/C15H25N3/c1-15(2,3)13-8-9-16-14-10-12(17-18(13)14)11-6-4-5-7-11/h10-11,13,16H,4-9H2,1-3H3. The molecule has 1 N–H and O–H groups in total. The molecule has 0 aromatic carbocycles. The van der Waals surface area contributed by atoms with Crippen LogP contribution in [0.25, 0.3) is 0 Å². The first kappa shape index (κ1) is 12.1. The molecule has 3 heteroatoms. The van der Waals surface area contributed by atoms with Crippen molar-refractivity contribution in [1.82, 2.24) is 9.78 Å². The first-order valence-electron chi connectivity index (χ1n) is 7.39. The minimum absolute atomic E-state index is 0.288. The van der Waals surface area contributed by atoms with E-state index < -0.39 is 0 Å². The Morgan fingerprint density at radius 2 is 1.94 bits per heavy atom. The Bertz CT molecular complexity index is 421. The highest BCUT2D eigenvalue weighted by Crippen LogP contribution is 2.40. The molecule has 100 valence electrons. The first-order valence-corrected chi connectivity index (χ1v) is 7.39. The Morgan fingerprint density at radius 3 is 2.61 bits per heavy atom. The molecule has 1 aliphatic heterocycles. The molecule has 3 rings (SSSR count). The van der Waals surface area contributed by atoms with Gasteiger partial charge in [-0.2, -0.15) is 5.10 Å². The van der Waals surface area contributed by atoms with E-state index >= 15 is 0 Å². The van der Waals surface area contributed by atoms with E-state index in [1.54, 1.807) is 0 Å². The van der Waals surface area contributed by atoms with Gasteiger partial charge in [0.1, 0.15) is 5.82 Å². The molecule has 1 aliphatic carbocycles. The molecule has 18 heavy (non-hydrogen) atoms. The maximum absolute atomic E-state index is 4.93. The summed E-state index contributed by atoms with van der Waals surface area (Å²) in [4.78, 5) is 0. The third kappa shape index (κ3) is 2.04. The van der Waals surface area contributed by atoms with Gasteiger partial charge < -0.3 is 5.32 Å². The van der Waals surface area contributed by atoms with E-state index in [2.05, 4.69) is 36.8 Å². The second-order valence-electron chi connectivity index (χ2n) is 6.98. The van der Waals surface area contributed by atoms with Crippen LogP contribution < -0.4 is 5.32 Å². The normalized spacial score (nSPS) is 24.9. The van der Waals surface area contributed by atoms with Gasteiger partial charge in [-0.15, -0.1) is 0 Å². The molecular formula is C15H25N3. The van der Waals surface area contributed by atoms with Crippen LogP contribution in [0.1, 0.15) is 70.5 Å². The third-order valence-electron chi connectivity index (χ3n) is 4.55. The number of nitrogens with zero attached hydrogens (tertiary/aromatic N) is 2. The van der Waals surface area contributed by atoms with Crippen LogP contribution in [-0.4, -0.2) is 16.3 Å². The lowest BCUT2D eigenvalue weighted by molar-refractivity contribution is 0.209. The first-order chi connectivity index (χ1) is 8.55. The lowest BCUT2D eigenvalue weighted by Crippen LogP contribution is -2.32. The highest BCUT2D eigenvalue weighted by atomic mass is 15.4. The summed E-state index contributed by atoms with van der Waals surface area (Å²) in [5.41, 5.74) is 1.61. The summed E-state index contributed by atoms with van der Waals surface area (Å²) >= 11 is 0. The molecule has 0 radical (unpaired) electrons. The fourth-order valence-electron chi connectivity index (χ4n) is 3.46. The minimum atomic E-state index is 0.288. The Kier molecular flexibility index (Phi) is 2.87. The zero-order valence-electron chi connectivity index (χ0n) is 11.9. The van der Waals surface area contributed by atoms with E-state index in [1.165, 1.54) is 43.6 Å². The molecule has 0 amide bonds. The molecular weight excluding hydrogens is 222 g/mol. The molecule has 1 saturated carbocycles. The molecule has 3 nitrogen and oxygen atoms in total. The van der Waals surface area contributed by atoms with Crippen molar-refractivity contribution < 1.29 is 0 Å². The monoisotopic (exact) mass is 247 g/mol. The fourth-order valence-corrected chi connectivity index (χ4v) is 3.46. The molecule has 0 bridgehead atoms. The second kappa shape index (κ2) is 4.29. The highest BCUT2D eigenvalue weighted by molar-refractivity contribution is 5.40. The minimum Gasteiger partial charge on any atom is -0.370 e. The molecule has 0 spiro atoms. The summed E-state index contributed by atoms with van der Waals surface area (Å²) in [5, 5.41) is 8.44. The van der Waals surface area contributed by atoms with Gasteiger partial charge in [-0.1, -0.05) is 33.6 Å². The van der Waals surface area contributed by atoms with Crippen LogP contribution >= 0.6 is 0 Å². The van der Waals surface area contributed by atoms with Crippen molar-refractivity contribution >= 4 is 5.82 Å². The second-order valence-corrected chi connectivity index (χ2v) is 6.98. The van der Waals surface area contributed by atoms with Gasteiger partial charge in [0.15, 0.2) is 0 Å². The van der Waals surface area contributed by atoms with Crippen LogP contribution in [0, 0.1) is 5.41 Å². The number of fused-ring (bicyclic) bond motifs is 1. The van der Waals surface area contributed by atoms with Crippen molar-refractivity contribution in [2.45, 2.75) is 64.8 Å². The fraction of sp³-hybridized carbons (Fsp3) is 0.800. The predicted molar refractivity (Wildman–Crippen MR) is 75.0 cm³/mol. The summed E-state index contributed by atoms with van der Waals surface area (Å²) in [6.45, 7) is 8.05. The number of rotatable bonds is 1. The Balaban J connectivity index is 1.92. The summed E-state index contributed by atoms with van der Waals surface area (Å²) in [6, 6.07) is 2.83. The van der Waals surface area contributed by atoms with Crippen molar-refractivity contribution in [3.63, 3.8) is 0 Å². The molecule has 1 aromatic heterocycles. The average molecular weight is 247 g/mol. The van der Waals surface area contributed by atoms with Gasteiger partial charge in [-0.05, 0) is 24.7 Å². The average Bonchev–Trinajstić information content (AvgIpc) is 2.95. The lowest BCUT2D eigenvalue weighted by atomic mass is 9.84. The van der Waals surface area contributed by atoms with Crippen molar-refractivity contribution in [3.8, 4) is 0 Å². The number of anilines is 1. The van der Waals surface area contributed by atoms with Crippen molar-refractivity contribution in [1.29, 1.82) is 0 Å². The van der Waals surface area contributed by atoms with Crippen LogP contribution in [0.5, 0.6) is 0 Å². The van der Waals surface area contributed by atoms with Crippen LogP contribution in [0.15, 0.2) is 6.07 Å². The summed E-state index contributed by atoms with van der Waals surface area (Å²) in [6.07, 6.45) is 6.60. The van der Waals surface area contributed by atoms with Gasteiger partial charge in [-0.25, -0.2) is 4.68 Å². The molecule has 0 saturated heterocycles. The smallest absolute Gasteiger partial charge is 0.124 e. The van der Waals surface area contributed by atoms with E-state index in [-0.39, 0.29) is 5.41 Å². The molecule has 1 atom stereocenters. The number of hydrogen-bond donors (Lipinski definition) is 1. The van der Waals surface area contributed by atoms with Gasteiger partial charge >= 0.3 is 0 Å². The molecule has 1 unspecified atom stereocenters. The van der Waals surface area contributed by atoms with Gasteiger partial charge in [-0.3, -0.25) is 0 Å². The number of nitrogens with one attached hydrogen (secondary N) is 1. The maximum atomic E-state index is 4.93. The van der Waals surface area contributed by atoms with Crippen LogP contribution in [0.2, 0.25) is 0 Å². The Labute approximate surface area is 110 Å². The van der Waals surface area contributed by atoms with Crippen molar-refractivity contribution in [2.24, 2.45) is 5.41 Å². The molecule has 2 heterocycles. The highest BCUT2D eigenvalue weighted by Gasteiger charge is 2.32. The van der Waals surface area contributed by atoms with Crippen LogP contribution in [-0.2, 0) is 0 Å².